The van der Waals surface area contributed by atoms with Gasteiger partial charge in [-0.15, -0.1) is 0 Å². The molecule has 0 aliphatic heterocycles. The number of benzene rings is 1. The van der Waals surface area contributed by atoms with E-state index in [1.165, 1.54) is 7.11 Å². The molecule has 1 aromatic carbocycles. The van der Waals surface area contributed by atoms with E-state index in [2.05, 4.69) is 17.2 Å². The maximum absolute atomic E-state index is 11.4. The zero-order chi connectivity index (χ0) is 15.9. The first-order valence-corrected chi connectivity index (χ1v) is 6.65. The predicted molar refractivity (Wildman–Crippen MR) is 80.4 cm³/mol. The van der Waals surface area contributed by atoms with Crippen molar-refractivity contribution in [2.75, 3.05) is 13.7 Å². The van der Waals surface area contributed by atoms with Crippen LogP contribution in [0, 0.1) is 11.8 Å². The lowest BCUT2D eigenvalue weighted by atomic mass is 10.2. The van der Waals surface area contributed by atoms with Gasteiger partial charge in [-0.3, -0.25) is 0 Å². The van der Waals surface area contributed by atoms with Crippen molar-refractivity contribution in [3.05, 3.63) is 23.8 Å². The number of para-hydroxylation sites is 1. The average molecular weight is 291 g/mol. The van der Waals surface area contributed by atoms with E-state index >= 15 is 0 Å². The van der Waals surface area contributed by atoms with Crippen LogP contribution >= 0.6 is 0 Å². The first-order chi connectivity index (χ1) is 9.83. The summed E-state index contributed by atoms with van der Waals surface area (Å²) in [5.74, 6) is 6.12. The first-order valence-electron chi connectivity index (χ1n) is 6.65. The second-order valence-electron chi connectivity index (χ2n) is 5.34. The Labute approximate surface area is 125 Å². The Morgan fingerprint density at radius 1 is 1.38 bits per heavy atom. The van der Waals surface area contributed by atoms with Gasteiger partial charge in [0.2, 0.25) is 0 Å². The topological polar surface area (TPSA) is 67.8 Å². The Bertz CT molecular complexity index is 550. The van der Waals surface area contributed by atoms with Crippen LogP contribution in [0.3, 0.4) is 0 Å². The monoisotopic (exact) mass is 291 g/mol. The molecule has 1 rings (SSSR count). The van der Waals surface area contributed by atoms with Crippen LogP contribution in [0.15, 0.2) is 18.2 Å². The molecule has 5 nitrogen and oxygen atoms in total. The minimum atomic E-state index is -0.512. The molecule has 5 heteroatoms. The lowest BCUT2D eigenvalue weighted by Gasteiger charge is -2.19. The summed E-state index contributed by atoms with van der Waals surface area (Å²) in [5.41, 5.74) is -0.0195. The highest BCUT2D eigenvalue weighted by atomic mass is 16.6. The fourth-order valence-electron chi connectivity index (χ4n) is 1.49. The zero-order valence-electron chi connectivity index (χ0n) is 12.8. The number of rotatable bonds is 3. The number of methoxy groups -OCH3 is 1. The molecular weight excluding hydrogens is 270 g/mol. The Balaban J connectivity index is 2.46. The molecule has 0 aliphatic rings. The van der Waals surface area contributed by atoms with E-state index in [0.717, 1.165) is 0 Å². The third kappa shape index (κ3) is 6.09. The first kappa shape index (κ1) is 16.7. The molecule has 114 valence electrons. The fourth-order valence-corrected chi connectivity index (χ4v) is 1.49. The van der Waals surface area contributed by atoms with Gasteiger partial charge in [-0.1, -0.05) is 17.9 Å². The molecule has 0 unspecified atom stereocenters. The van der Waals surface area contributed by atoms with Gasteiger partial charge in [-0.05, 0) is 32.9 Å². The van der Waals surface area contributed by atoms with Crippen LogP contribution in [0.4, 0.5) is 4.79 Å². The highest BCUT2D eigenvalue weighted by molar-refractivity contribution is 5.67. The minimum absolute atomic E-state index is 0.0209. The minimum Gasteiger partial charge on any atom is -0.503 e. The molecule has 0 aliphatic carbocycles. The SMILES string of the molecule is COc1cccc(C#CCCNC(=O)OC(C)(C)C)c1O. The van der Waals surface area contributed by atoms with E-state index in [0.29, 0.717) is 24.3 Å². The molecule has 21 heavy (non-hydrogen) atoms. The number of nitrogens with one attached hydrogen (secondary N) is 1. The quantitative estimate of drug-likeness (QED) is 0.663. The van der Waals surface area contributed by atoms with Crippen molar-refractivity contribution in [3.63, 3.8) is 0 Å². The van der Waals surface area contributed by atoms with Crippen LogP contribution in [0.25, 0.3) is 0 Å². The van der Waals surface area contributed by atoms with Crippen molar-refractivity contribution in [1.29, 1.82) is 0 Å². The summed E-state index contributed by atoms with van der Waals surface area (Å²) in [6, 6.07) is 5.11. The Kier molecular flexibility index (Phi) is 5.92. The van der Waals surface area contributed by atoms with E-state index < -0.39 is 11.7 Å². The summed E-state index contributed by atoms with van der Waals surface area (Å²) < 4.78 is 10.1. The highest BCUT2D eigenvalue weighted by Gasteiger charge is 2.15. The Morgan fingerprint density at radius 2 is 2.10 bits per heavy atom. The van der Waals surface area contributed by atoms with Crippen LogP contribution in [-0.2, 0) is 4.74 Å². The second kappa shape index (κ2) is 7.44. The summed E-state index contributed by atoms with van der Waals surface area (Å²) in [5, 5.41) is 12.5. The van der Waals surface area contributed by atoms with Gasteiger partial charge < -0.3 is 19.9 Å². The summed E-state index contributed by atoms with van der Waals surface area (Å²) in [4.78, 5) is 11.4. The number of phenols is 1. The van der Waals surface area contributed by atoms with E-state index in [1.54, 1.807) is 39.0 Å². The molecule has 1 aromatic rings. The Morgan fingerprint density at radius 3 is 2.71 bits per heavy atom. The maximum Gasteiger partial charge on any atom is 0.407 e. The van der Waals surface area contributed by atoms with Gasteiger partial charge >= 0.3 is 6.09 Å². The van der Waals surface area contributed by atoms with E-state index in [-0.39, 0.29) is 5.75 Å². The van der Waals surface area contributed by atoms with Crippen LogP contribution in [0.2, 0.25) is 0 Å². The number of phenolic OH excluding ortho intramolecular Hbond substituents is 1. The molecule has 0 atom stereocenters. The number of carbonyl (C=O) groups excluding carboxylic acids is 1. The number of hydrogen-bond donors (Lipinski definition) is 2. The summed E-state index contributed by atoms with van der Waals surface area (Å²) >= 11 is 0. The van der Waals surface area contributed by atoms with Gasteiger partial charge in [0.15, 0.2) is 11.5 Å². The summed E-state index contributed by atoms with van der Waals surface area (Å²) in [6.07, 6.45) is -0.0101. The van der Waals surface area contributed by atoms with Gasteiger partial charge in [-0.2, -0.15) is 0 Å². The van der Waals surface area contributed by atoms with Crippen LogP contribution in [0.5, 0.6) is 11.5 Å². The number of hydrogen-bond acceptors (Lipinski definition) is 4. The average Bonchev–Trinajstić information content (AvgIpc) is 2.38. The third-order valence-electron chi connectivity index (χ3n) is 2.36. The number of amides is 1. The second-order valence-corrected chi connectivity index (χ2v) is 5.34. The molecule has 0 spiro atoms. The van der Waals surface area contributed by atoms with Crippen molar-refractivity contribution in [3.8, 4) is 23.3 Å². The lowest BCUT2D eigenvalue weighted by Crippen LogP contribution is -2.32. The molecule has 0 heterocycles. The molecule has 0 radical (unpaired) electrons. The molecule has 0 fully saturated rings. The number of ether oxygens (including phenoxy) is 2. The van der Waals surface area contributed by atoms with Crippen LogP contribution in [0.1, 0.15) is 32.8 Å². The van der Waals surface area contributed by atoms with Crippen molar-refractivity contribution < 1.29 is 19.4 Å². The molecular formula is C16H21NO4. The molecule has 2 N–H and O–H groups in total. The molecule has 0 bridgehead atoms. The molecule has 0 aromatic heterocycles. The number of alkyl carbamates (subject to hydrolysis) is 1. The molecule has 0 saturated carbocycles. The van der Waals surface area contributed by atoms with Crippen molar-refractivity contribution in [1.82, 2.24) is 5.32 Å². The highest BCUT2D eigenvalue weighted by Crippen LogP contribution is 2.28. The molecule has 1 amide bonds. The maximum atomic E-state index is 11.4. The van der Waals surface area contributed by atoms with Gasteiger partial charge in [0.05, 0.1) is 12.7 Å². The van der Waals surface area contributed by atoms with Crippen LogP contribution in [-0.4, -0.2) is 30.5 Å². The van der Waals surface area contributed by atoms with Gasteiger partial charge in [-0.25, -0.2) is 4.79 Å². The van der Waals surface area contributed by atoms with E-state index in [1.807, 2.05) is 0 Å². The summed E-state index contributed by atoms with van der Waals surface area (Å²) in [6.45, 7) is 5.79. The smallest absolute Gasteiger partial charge is 0.407 e. The van der Waals surface area contributed by atoms with Crippen LogP contribution < -0.4 is 10.1 Å². The lowest BCUT2D eigenvalue weighted by molar-refractivity contribution is 0.0529. The Hall–Kier alpha value is -2.35. The number of aromatic hydroxyl groups is 1. The van der Waals surface area contributed by atoms with Gasteiger partial charge in [0.25, 0.3) is 0 Å². The zero-order valence-corrected chi connectivity index (χ0v) is 12.8. The van der Waals surface area contributed by atoms with E-state index in [4.69, 9.17) is 9.47 Å². The van der Waals surface area contributed by atoms with Gasteiger partial charge in [0.1, 0.15) is 5.60 Å². The van der Waals surface area contributed by atoms with Crippen molar-refractivity contribution >= 4 is 6.09 Å². The standard InChI is InChI=1S/C16H21NO4/c1-16(2,3)21-15(19)17-11-6-5-8-12-9-7-10-13(20-4)14(12)18/h7,9-10,18H,6,11H2,1-4H3,(H,17,19). The van der Waals surface area contributed by atoms with Gasteiger partial charge in [0, 0.05) is 13.0 Å². The number of carbonyl (C=O) groups is 1. The predicted octanol–water partition coefficient (Wildman–Crippen LogP) is 2.67. The fraction of sp³-hybridized carbons (Fsp3) is 0.438. The van der Waals surface area contributed by atoms with Crippen molar-refractivity contribution in [2.24, 2.45) is 0 Å². The largest absolute Gasteiger partial charge is 0.503 e. The normalized spacial score (nSPS) is 10.3. The molecule has 0 saturated heterocycles. The van der Waals surface area contributed by atoms with E-state index in [9.17, 15) is 9.90 Å². The summed E-state index contributed by atoms with van der Waals surface area (Å²) in [7, 11) is 1.48. The third-order valence-corrected chi connectivity index (χ3v) is 2.36. The van der Waals surface area contributed by atoms with Crippen molar-refractivity contribution in [2.45, 2.75) is 32.8 Å².